The largest absolute Gasteiger partial charge is 0.507 e. The predicted molar refractivity (Wildman–Crippen MR) is 179 cm³/mol. The fraction of sp³-hybridized carbons (Fsp3) is 0.658. The molecule has 0 radical (unpaired) electrons. The van der Waals surface area contributed by atoms with Gasteiger partial charge in [-0.05, 0) is 73.3 Å². The Bertz CT molecular complexity index is 1220. The molecule has 0 unspecified atom stereocenters. The number of hydrogen-bond donors (Lipinski definition) is 3. The van der Waals surface area contributed by atoms with E-state index in [9.17, 15) is 15.0 Å². The average Bonchev–Trinajstić information content (AvgIpc) is 2.76. The van der Waals surface area contributed by atoms with Gasteiger partial charge < -0.3 is 15.5 Å². The van der Waals surface area contributed by atoms with Crippen molar-refractivity contribution in [3.05, 3.63) is 57.6 Å². The SMILES string of the molecule is CC(C)(CNC(=O)C(C)(C)Cc1cc(C(C)(C)C)c(O)c(C(C)(C)C)c1)Cc1cc(C(C)(C)C)c(O)c(C(C)(C)C)c1. The number of phenols is 2. The molecule has 0 saturated heterocycles. The number of carbonyl (C=O) groups is 1. The second-order valence-corrected chi connectivity index (χ2v) is 18.2. The van der Waals surface area contributed by atoms with Crippen LogP contribution in [0.25, 0.3) is 0 Å². The van der Waals surface area contributed by atoms with Gasteiger partial charge in [-0.1, -0.05) is 135 Å². The van der Waals surface area contributed by atoms with Crippen LogP contribution in [-0.4, -0.2) is 22.7 Å². The standard InChI is InChI=1S/C38H61NO3/c1-33(2,3)26-17-24(18-27(30(26)40)34(4,5)6)21-37(13,14)23-39-32(42)38(15,16)22-25-19-28(35(7,8)9)31(41)29(20-25)36(10,11)12/h17-20,40-41H,21-23H2,1-16H3,(H,39,42). The molecule has 236 valence electrons. The van der Waals surface area contributed by atoms with Gasteiger partial charge in [-0.2, -0.15) is 0 Å². The average molecular weight is 580 g/mol. The van der Waals surface area contributed by atoms with E-state index in [4.69, 9.17) is 0 Å². The summed E-state index contributed by atoms with van der Waals surface area (Å²) in [5.74, 6) is 0.779. The highest BCUT2D eigenvalue weighted by Gasteiger charge is 2.33. The first-order chi connectivity index (χ1) is 18.6. The minimum atomic E-state index is -0.630. The quantitative estimate of drug-likeness (QED) is 0.306. The number of aromatic hydroxyl groups is 2. The van der Waals surface area contributed by atoms with Gasteiger partial charge in [-0.25, -0.2) is 0 Å². The Labute approximate surface area is 257 Å². The summed E-state index contributed by atoms with van der Waals surface area (Å²) in [5.41, 5.74) is 4.38. The van der Waals surface area contributed by atoms with E-state index in [0.717, 1.165) is 34.2 Å². The maximum Gasteiger partial charge on any atom is 0.226 e. The van der Waals surface area contributed by atoms with E-state index in [1.807, 2.05) is 13.8 Å². The van der Waals surface area contributed by atoms with Gasteiger partial charge in [0.1, 0.15) is 11.5 Å². The molecular weight excluding hydrogens is 518 g/mol. The Balaban J connectivity index is 2.31. The Morgan fingerprint density at radius 2 is 0.833 bits per heavy atom. The fourth-order valence-electron chi connectivity index (χ4n) is 5.64. The summed E-state index contributed by atoms with van der Waals surface area (Å²) in [6, 6.07) is 8.44. The number of carbonyl (C=O) groups excluding carboxylic acids is 1. The van der Waals surface area contributed by atoms with Crippen LogP contribution in [0.3, 0.4) is 0 Å². The minimum Gasteiger partial charge on any atom is -0.507 e. The second-order valence-electron chi connectivity index (χ2n) is 18.2. The molecule has 0 aromatic heterocycles. The van der Waals surface area contributed by atoms with Crippen molar-refractivity contribution >= 4 is 5.91 Å². The summed E-state index contributed by atoms with van der Waals surface area (Å²) >= 11 is 0. The molecule has 4 nitrogen and oxygen atoms in total. The van der Waals surface area contributed by atoms with Crippen LogP contribution in [0.1, 0.15) is 144 Å². The third-order valence-corrected chi connectivity index (χ3v) is 8.24. The zero-order valence-electron chi connectivity index (χ0n) is 29.7. The van der Waals surface area contributed by atoms with Crippen molar-refractivity contribution in [2.24, 2.45) is 10.8 Å². The zero-order valence-corrected chi connectivity index (χ0v) is 29.7. The monoisotopic (exact) mass is 579 g/mol. The first kappa shape index (κ1) is 35.7. The molecule has 0 aliphatic carbocycles. The summed E-state index contributed by atoms with van der Waals surface area (Å²) < 4.78 is 0. The van der Waals surface area contributed by atoms with Crippen LogP contribution in [0.2, 0.25) is 0 Å². The summed E-state index contributed by atoms with van der Waals surface area (Å²) in [5, 5.41) is 25.5. The Hall–Kier alpha value is -2.49. The first-order valence-electron chi connectivity index (χ1n) is 15.6. The van der Waals surface area contributed by atoms with Gasteiger partial charge in [0.2, 0.25) is 5.91 Å². The Kier molecular flexibility index (Phi) is 9.81. The summed E-state index contributed by atoms with van der Waals surface area (Å²) in [6.07, 6.45) is 1.36. The smallest absolute Gasteiger partial charge is 0.226 e. The third kappa shape index (κ3) is 8.77. The van der Waals surface area contributed by atoms with Crippen molar-refractivity contribution in [3.8, 4) is 11.5 Å². The van der Waals surface area contributed by atoms with Crippen LogP contribution in [0.4, 0.5) is 0 Å². The van der Waals surface area contributed by atoms with Crippen molar-refractivity contribution in [2.45, 2.75) is 145 Å². The highest BCUT2D eigenvalue weighted by atomic mass is 16.3. The van der Waals surface area contributed by atoms with Gasteiger partial charge in [-0.15, -0.1) is 0 Å². The van der Waals surface area contributed by atoms with Crippen LogP contribution >= 0.6 is 0 Å². The molecule has 0 saturated carbocycles. The molecule has 0 spiro atoms. The number of rotatable bonds is 7. The lowest BCUT2D eigenvalue weighted by Crippen LogP contribution is -2.43. The maximum absolute atomic E-state index is 13.6. The molecule has 1 amide bonds. The molecule has 2 aromatic rings. The van der Waals surface area contributed by atoms with Gasteiger partial charge in [0.15, 0.2) is 0 Å². The van der Waals surface area contributed by atoms with Crippen molar-refractivity contribution < 1.29 is 15.0 Å². The van der Waals surface area contributed by atoms with E-state index in [0.29, 0.717) is 24.5 Å². The topological polar surface area (TPSA) is 69.6 Å². The highest BCUT2D eigenvalue weighted by molar-refractivity contribution is 5.82. The molecule has 0 atom stereocenters. The second kappa shape index (κ2) is 11.5. The number of phenolic OH excluding ortho intramolecular Hbond substituents is 2. The highest BCUT2D eigenvalue weighted by Crippen LogP contribution is 2.42. The van der Waals surface area contributed by atoms with Gasteiger partial charge in [0.25, 0.3) is 0 Å². The fourth-order valence-corrected chi connectivity index (χ4v) is 5.64. The molecule has 0 heterocycles. The lowest BCUT2D eigenvalue weighted by molar-refractivity contribution is -0.129. The van der Waals surface area contributed by atoms with Crippen molar-refractivity contribution in [1.82, 2.24) is 5.32 Å². The normalized spacial score (nSPS) is 13.8. The molecule has 2 aromatic carbocycles. The van der Waals surface area contributed by atoms with Gasteiger partial charge in [0, 0.05) is 12.0 Å². The van der Waals surface area contributed by atoms with E-state index in [1.54, 1.807) is 0 Å². The maximum atomic E-state index is 13.6. The Morgan fingerprint density at radius 1 is 0.548 bits per heavy atom. The van der Waals surface area contributed by atoms with E-state index in [2.05, 4.69) is 127 Å². The van der Waals surface area contributed by atoms with Gasteiger partial charge in [-0.3, -0.25) is 4.79 Å². The molecule has 0 fully saturated rings. The van der Waals surface area contributed by atoms with E-state index < -0.39 is 5.41 Å². The van der Waals surface area contributed by atoms with Gasteiger partial charge >= 0.3 is 0 Å². The van der Waals surface area contributed by atoms with Crippen LogP contribution in [0, 0.1) is 10.8 Å². The molecule has 0 bridgehead atoms. The number of hydrogen-bond acceptors (Lipinski definition) is 3. The predicted octanol–water partition coefficient (Wildman–Crippen LogP) is 9.24. The molecule has 3 N–H and O–H groups in total. The van der Waals surface area contributed by atoms with Gasteiger partial charge in [0.05, 0.1) is 0 Å². The number of amides is 1. The summed E-state index contributed by atoms with van der Waals surface area (Å²) in [7, 11) is 0. The lowest BCUT2D eigenvalue weighted by atomic mass is 9.75. The van der Waals surface area contributed by atoms with Crippen LogP contribution < -0.4 is 5.32 Å². The van der Waals surface area contributed by atoms with Crippen molar-refractivity contribution in [1.29, 1.82) is 0 Å². The van der Waals surface area contributed by atoms with Crippen LogP contribution in [-0.2, 0) is 39.3 Å². The molecular formula is C38H61NO3. The van der Waals surface area contributed by atoms with E-state index in [1.165, 1.54) is 5.56 Å². The number of nitrogens with one attached hydrogen (secondary N) is 1. The molecule has 42 heavy (non-hydrogen) atoms. The lowest BCUT2D eigenvalue weighted by Gasteiger charge is -2.32. The first-order valence-corrected chi connectivity index (χ1v) is 15.6. The van der Waals surface area contributed by atoms with Crippen LogP contribution in [0.5, 0.6) is 11.5 Å². The van der Waals surface area contributed by atoms with Crippen molar-refractivity contribution in [2.75, 3.05) is 6.54 Å². The summed E-state index contributed by atoms with van der Waals surface area (Å²) in [6.45, 7) is 34.4. The Morgan fingerprint density at radius 3 is 1.12 bits per heavy atom. The molecule has 0 aliphatic rings. The van der Waals surface area contributed by atoms with E-state index in [-0.39, 0.29) is 33.0 Å². The van der Waals surface area contributed by atoms with Crippen molar-refractivity contribution in [3.63, 3.8) is 0 Å². The molecule has 0 aliphatic heterocycles. The summed E-state index contributed by atoms with van der Waals surface area (Å²) in [4.78, 5) is 13.6. The van der Waals surface area contributed by atoms with E-state index >= 15 is 0 Å². The minimum absolute atomic E-state index is 0.0229. The third-order valence-electron chi connectivity index (χ3n) is 8.24. The number of benzene rings is 2. The molecule has 4 heteroatoms. The zero-order chi connectivity index (χ0) is 32.9. The van der Waals surface area contributed by atoms with Crippen LogP contribution in [0.15, 0.2) is 24.3 Å². The molecule has 2 rings (SSSR count).